The van der Waals surface area contributed by atoms with Crippen molar-refractivity contribution in [1.82, 2.24) is 20.0 Å². The standard InChI is InChI=1S/C25H33N7O2S/c1-18-17-27-24(29-19-8-10-21(11-9-19)32-14-12-26-13-15-32)30-23(18)28-20-6-5-7-22(16-20)35(33,34)31-25(2,3)4/h5-11,16-17,26,31H,12-15H2,1-4H3,(H2,27,28,29,30). The second-order valence-corrected chi connectivity index (χ2v) is 11.3. The molecule has 1 aliphatic heterocycles. The van der Waals surface area contributed by atoms with Gasteiger partial charge in [-0.1, -0.05) is 6.07 Å². The first-order chi connectivity index (χ1) is 16.6. The van der Waals surface area contributed by atoms with Gasteiger partial charge in [-0.15, -0.1) is 0 Å². The molecule has 4 N–H and O–H groups in total. The van der Waals surface area contributed by atoms with Crippen LogP contribution in [0, 0.1) is 6.92 Å². The summed E-state index contributed by atoms with van der Waals surface area (Å²) in [5.74, 6) is 1.05. The summed E-state index contributed by atoms with van der Waals surface area (Å²) in [5.41, 5.74) is 2.97. The lowest BCUT2D eigenvalue weighted by Gasteiger charge is -2.29. The van der Waals surface area contributed by atoms with Crippen LogP contribution < -0.4 is 25.6 Å². The number of piperazine rings is 1. The molecule has 0 amide bonds. The third-order valence-electron chi connectivity index (χ3n) is 5.42. The van der Waals surface area contributed by atoms with Gasteiger partial charge in [0, 0.05) is 60.5 Å². The zero-order valence-electron chi connectivity index (χ0n) is 20.6. The average Bonchev–Trinajstić information content (AvgIpc) is 2.81. The smallest absolute Gasteiger partial charge is 0.241 e. The molecule has 2 aromatic carbocycles. The van der Waals surface area contributed by atoms with E-state index in [1.165, 1.54) is 5.69 Å². The van der Waals surface area contributed by atoms with Crippen LogP contribution in [0.3, 0.4) is 0 Å². The van der Waals surface area contributed by atoms with Crippen LogP contribution >= 0.6 is 0 Å². The molecule has 0 radical (unpaired) electrons. The summed E-state index contributed by atoms with van der Waals surface area (Å²) >= 11 is 0. The van der Waals surface area contributed by atoms with Gasteiger partial charge >= 0.3 is 0 Å². The van der Waals surface area contributed by atoms with Crippen molar-refractivity contribution in [2.75, 3.05) is 41.7 Å². The summed E-state index contributed by atoms with van der Waals surface area (Å²) < 4.78 is 28.1. The fourth-order valence-corrected chi connectivity index (χ4v) is 5.24. The Hall–Kier alpha value is -3.21. The normalized spacial score (nSPS) is 14.6. The molecular formula is C25H33N7O2S. The van der Waals surface area contributed by atoms with Gasteiger partial charge in [0.1, 0.15) is 5.82 Å². The summed E-state index contributed by atoms with van der Waals surface area (Å²) in [4.78, 5) is 11.6. The summed E-state index contributed by atoms with van der Waals surface area (Å²) in [6.07, 6.45) is 1.73. The molecule has 1 fully saturated rings. The van der Waals surface area contributed by atoms with Gasteiger partial charge in [-0.2, -0.15) is 4.98 Å². The summed E-state index contributed by atoms with van der Waals surface area (Å²) in [7, 11) is -3.65. The molecule has 1 aromatic heterocycles. The molecule has 4 rings (SSSR count). The SMILES string of the molecule is Cc1cnc(Nc2ccc(N3CCNCC3)cc2)nc1Nc1cccc(S(=O)(=O)NC(C)(C)C)c1. The number of anilines is 5. The van der Waals surface area contributed by atoms with E-state index in [9.17, 15) is 8.42 Å². The molecule has 9 nitrogen and oxygen atoms in total. The van der Waals surface area contributed by atoms with Crippen LogP contribution in [0.5, 0.6) is 0 Å². The number of benzene rings is 2. The van der Waals surface area contributed by atoms with E-state index >= 15 is 0 Å². The number of aromatic nitrogens is 2. The molecule has 0 bridgehead atoms. The third-order valence-corrected chi connectivity index (χ3v) is 7.18. The Kier molecular flexibility index (Phi) is 7.25. The monoisotopic (exact) mass is 495 g/mol. The topological polar surface area (TPSA) is 111 Å². The maximum atomic E-state index is 12.7. The van der Waals surface area contributed by atoms with Gasteiger partial charge in [0.15, 0.2) is 0 Å². The van der Waals surface area contributed by atoms with Gasteiger partial charge < -0.3 is 20.9 Å². The quantitative estimate of drug-likeness (QED) is 0.392. The van der Waals surface area contributed by atoms with Crippen molar-refractivity contribution in [3.63, 3.8) is 0 Å². The fourth-order valence-electron chi connectivity index (χ4n) is 3.78. The number of hydrogen-bond donors (Lipinski definition) is 4. The van der Waals surface area contributed by atoms with Gasteiger partial charge in [0.2, 0.25) is 16.0 Å². The molecule has 186 valence electrons. The van der Waals surface area contributed by atoms with E-state index in [2.05, 4.69) is 47.7 Å². The van der Waals surface area contributed by atoms with Crippen molar-refractivity contribution in [2.45, 2.75) is 38.1 Å². The predicted molar refractivity (Wildman–Crippen MR) is 141 cm³/mol. The minimum atomic E-state index is -3.65. The molecule has 35 heavy (non-hydrogen) atoms. The zero-order chi connectivity index (χ0) is 25.1. The Bertz CT molecular complexity index is 1270. The minimum Gasteiger partial charge on any atom is -0.369 e. The van der Waals surface area contributed by atoms with E-state index in [0.717, 1.165) is 37.4 Å². The Labute approximate surface area is 207 Å². The number of nitrogens with one attached hydrogen (secondary N) is 4. The Morgan fingerprint density at radius 3 is 2.37 bits per heavy atom. The van der Waals surface area contributed by atoms with Crippen LogP contribution in [0.4, 0.5) is 28.8 Å². The lowest BCUT2D eigenvalue weighted by atomic mass is 10.1. The molecule has 0 atom stereocenters. The molecule has 1 aliphatic rings. The lowest BCUT2D eigenvalue weighted by molar-refractivity contribution is 0.491. The van der Waals surface area contributed by atoms with Crippen molar-refractivity contribution >= 4 is 38.9 Å². The highest BCUT2D eigenvalue weighted by Crippen LogP contribution is 2.24. The molecule has 0 unspecified atom stereocenters. The zero-order valence-corrected chi connectivity index (χ0v) is 21.4. The second kappa shape index (κ2) is 10.2. The van der Waals surface area contributed by atoms with E-state index in [0.29, 0.717) is 17.5 Å². The van der Waals surface area contributed by atoms with Crippen LogP contribution in [0.1, 0.15) is 26.3 Å². The van der Waals surface area contributed by atoms with Crippen molar-refractivity contribution < 1.29 is 8.42 Å². The molecule has 3 aromatic rings. The van der Waals surface area contributed by atoms with E-state index in [4.69, 9.17) is 0 Å². The van der Waals surface area contributed by atoms with Gasteiger partial charge in [-0.3, -0.25) is 0 Å². The van der Waals surface area contributed by atoms with Crippen molar-refractivity contribution in [3.8, 4) is 0 Å². The van der Waals surface area contributed by atoms with E-state index in [1.54, 1.807) is 30.5 Å². The number of aryl methyl sites for hydroxylation is 1. The minimum absolute atomic E-state index is 0.187. The fraction of sp³-hybridized carbons (Fsp3) is 0.360. The van der Waals surface area contributed by atoms with E-state index in [-0.39, 0.29) is 4.90 Å². The van der Waals surface area contributed by atoms with Gasteiger partial charge in [0.25, 0.3) is 0 Å². The number of hydrogen-bond acceptors (Lipinski definition) is 8. The first-order valence-corrected chi connectivity index (χ1v) is 13.1. The molecule has 1 saturated heterocycles. The first kappa shape index (κ1) is 24.9. The van der Waals surface area contributed by atoms with Crippen molar-refractivity contribution in [3.05, 3.63) is 60.3 Å². The maximum absolute atomic E-state index is 12.7. The van der Waals surface area contributed by atoms with Gasteiger partial charge in [-0.25, -0.2) is 18.1 Å². The van der Waals surface area contributed by atoms with E-state index < -0.39 is 15.6 Å². The Balaban J connectivity index is 1.48. The van der Waals surface area contributed by atoms with Crippen molar-refractivity contribution in [2.24, 2.45) is 0 Å². The maximum Gasteiger partial charge on any atom is 0.241 e. The summed E-state index contributed by atoms with van der Waals surface area (Å²) in [6, 6.07) is 14.9. The number of nitrogens with zero attached hydrogens (tertiary/aromatic N) is 3. The molecule has 0 aliphatic carbocycles. The molecule has 0 saturated carbocycles. The van der Waals surface area contributed by atoms with Crippen LogP contribution in [-0.4, -0.2) is 50.1 Å². The van der Waals surface area contributed by atoms with Crippen LogP contribution in [0.15, 0.2) is 59.6 Å². The highest BCUT2D eigenvalue weighted by atomic mass is 32.2. The Morgan fingerprint density at radius 2 is 1.69 bits per heavy atom. The van der Waals surface area contributed by atoms with Gasteiger partial charge in [-0.05, 0) is 70.2 Å². The third kappa shape index (κ3) is 6.68. The van der Waals surface area contributed by atoms with Crippen LogP contribution in [0.25, 0.3) is 0 Å². The second-order valence-electron chi connectivity index (χ2n) is 9.64. The first-order valence-electron chi connectivity index (χ1n) is 11.7. The Morgan fingerprint density at radius 1 is 0.971 bits per heavy atom. The molecule has 10 heteroatoms. The highest BCUT2D eigenvalue weighted by Gasteiger charge is 2.22. The average molecular weight is 496 g/mol. The molecule has 2 heterocycles. The number of sulfonamides is 1. The summed E-state index contributed by atoms with van der Waals surface area (Å²) in [5, 5.41) is 9.85. The highest BCUT2D eigenvalue weighted by molar-refractivity contribution is 7.89. The largest absolute Gasteiger partial charge is 0.369 e. The number of rotatable bonds is 7. The predicted octanol–water partition coefficient (Wildman–Crippen LogP) is 3.76. The van der Waals surface area contributed by atoms with Gasteiger partial charge in [0.05, 0.1) is 4.90 Å². The van der Waals surface area contributed by atoms with E-state index in [1.807, 2.05) is 39.8 Å². The molecular weight excluding hydrogens is 462 g/mol. The van der Waals surface area contributed by atoms with Crippen LogP contribution in [-0.2, 0) is 10.0 Å². The van der Waals surface area contributed by atoms with Crippen molar-refractivity contribution in [1.29, 1.82) is 0 Å². The summed E-state index contributed by atoms with van der Waals surface area (Å²) in [6.45, 7) is 11.3. The van der Waals surface area contributed by atoms with Crippen LogP contribution in [0.2, 0.25) is 0 Å². The lowest BCUT2D eigenvalue weighted by Crippen LogP contribution is -2.43. The molecule has 0 spiro atoms.